The number of allylic oxidation sites excluding steroid dienone is 2. The molecule has 1 heterocycles. The molecule has 0 radical (unpaired) electrons. The SMILES string of the molecule is O=C1NC(=Nc2cccc(O)c2)S/C1=C\C(Cl)=C/c1ccc([N+](=O)[O-])cc1. The van der Waals surface area contributed by atoms with Gasteiger partial charge in [-0.25, -0.2) is 4.99 Å². The zero-order chi connectivity index (χ0) is 19.4. The Labute approximate surface area is 163 Å². The van der Waals surface area contributed by atoms with Gasteiger partial charge in [-0.2, -0.15) is 0 Å². The highest BCUT2D eigenvalue weighted by Gasteiger charge is 2.24. The second-order valence-corrected chi connectivity index (χ2v) is 6.85. The molecule has 1 aliphatic heterocycles. The number of benzene rings is 2. The number of aliphatic imine (C=N–C) groups is 1. The van der Waals surface area contributed by atoms with E-state index in [1.54, 1.807) is 30.3 Å². The van der Waals surface area contributed by atoms with Crippen molar-refractivity contribution in [2.24, 2.45) is 4.99 Å². The van der Waals surface area contributed by atoms with Crippen molar-refractivity contribution in [2.75, 3.05) is 0 Å². The third-order valence-electron chi connectivity index (χ3n) is 3.39. The number of amides is 1. The summed E-state index contributed by atoms with van der Waals surface area (Å²) in [5.74, 6) is -0.259. The number of aromatic hydroxyl groups is 1. The molecule has 1 saturated heterocycles. The first-order valence-corrected chi connectivity index (χ1v) is 8.80. The topological polar surface area (TPSA) is 105 Å². The van der Waals surface area contributed by atoms with Crippen molar-refractivity contribution in [1.82, 2.24) is 5.32 Å². The standard InChI is InChI=1S/C18H12ClN3O4S/c19-12(8-11-4-6-14(7-5-11)22(25)26)9-16-17(24)21-18(27-16)20-13-2-1-3-15(23)10-13/h1-10,23H,(H,20,21,24)/b12-8+,16-9-. The monoisotopic (exact) mass is 401 g/mol. The molecule has 7 nitrogen and oxygen atoms in total. The first-order valence-electron chi connectivity index (χ1n) is 7.61. The molecule has 1 aliphatic rings. The molecule has 0 bridgehead atoms. The number of hydrogen-bond donors (Lipinski definition) is 2. The summed E-state index contributed by atoms with van der Waals surface area (Å²) < 4.78 is 0. The van der Waals surface area contributed by atoms with Gasteiger partial charge >= 0.3 is 0 Å². The summed E-state index contributed by atoms with van der Waals surface area (Å²) in [6.07, 6.45) is 3.09. The van der Waals surface area contributed by atoms with Crippen LogP contribution in [0.3, 0.4) is 0 Å². The lowest BCUT2D eigenvalue weighted by Crippen LogP contribution is -2.19. The maximum Gasteiger partial charge on any atom is 0.269 e. The summed E-state index contributed by atoms with van der Waals surface area (Å²) in [6, 6.07) is 12.2. The maximum atomic E-state index is 12.1. The van der Waals surface area contributed by atoms with E-state index in [4.69, 9.17) is 11.6 Å². The fourth-order valence-electron chi connectivity index (χ4n) is 2.18. The second-order valence-electron chi connectivity index (χ2n) is 5.38. The Morgan fingerprint density at radius 2 is 2.00 bits per heavy atom. The van der Waals surface area contributed by atoms with E-state index >= 15 is 0 Å². The number of non-ortho nitro benzene ring substituents is 1. The number of phenolic OH excluding ortho intramolecular Hbond substituents is 1. The predicted molar refractivity (Wildman–Crippen MR) is 106 cm³/mol. The van der Waals surface area contributed by atoms with Gasteiger partial charge in [-0.3, -0.25) is 14.9 Å². The fourth-order valence-corrected chi connectivity index (χ4v) is 3.31. The summed E-state index contributed by atoms with van der Waals surface area (Å²) >= 11 is 7.30. The third-order valence-corrected chi connectivity index (χ3v) is 4.52. The molecule has 136 valence electrons. The molecule has 27 heavy (non-hydrogen) atoms. The third kappa shape index (κ3) is 4.96. The Kier molecular flexibility index (Phi) is 5.58. The number of halogens is 1. The van der Waals surface area contributed by atoms with Gasteiger partial charge in [0.1, 0.15) is 5.75 Å². The van der Waals surface area contributed by atoms with E-state index < -0.39 is 4.92 Å². The number of thioether (sulfide) groups is 1. The van der Waals surface area contributed by atoms with Crippen LogP contribution in [0.4, 0.5) is 11.4 Å². The van der Waals surface area contributed by atoms with Crippen molar-refractivity contribution in [3.8, 4) is 5.75 Å². The van der Waals surface area contributed by atoms with Crippen LogP contribution < -0.4 is 5.32 Å². The lowest BCUT2D eigenvalue weighted by molar-refractivity contribution is -0.384. The Hall–Kier alpha value is -3.10. The molecule has 3 rings (SSSR count). The van der Waals surface area contributed by atoms with Crippen LogP contribution in [0.2, 0.25) is 0 Å². The van der Waals surface area contributed by atoms with Gasteiger partial charge in [0, 0.05) is 23.2 Å². The average Bonchev–Trinajstić information content (AvgIpc) is 2.94. The van der Waals surface area contributed by atoms with Gasteiger partial charge in [-0.15, -0.1) is 0 Å². The number of nitro benzene ring substituents is 1. The van der Waals surface area contributed by atoms with Gasteiger partial charge in [0.15, 0.2) is 5.17 Å². The van der Waals surface area contributed by atoms with E-state index in [1.165, 1.54) is 30.3 Å². The molecule has 2 aromatic carbocycles. The molecule has 0 aromatic heterocycles. The summed E-state index contributed by atoms with van der Waals surface area (Å²) in [5, 5.41) is 23.4. The van der Waals surface area contributed by atoms with E-state index in [1.807, 2.05) is 0 Å². The highest BCUT2D eigenvalue weighted by Crippen LogP contribution is 2.29. The molecule has 0 saturated carbocycles. The number of hydrogen-bond acceptors (Lipinski definition) is 6. The number of carbonyl (C=O) groups excluding carboxylic acids is 1. The van der Waals surface area contributed by atoms with Crippen LogP contribution in [0.25, 0.3) is 6.08 Å². The van der Waals surface area contributed by atoms with E-state index in [0.717, 1.165) is 11.8 Å². The lowest BCUT2D eigenvalue weighted by Gasteiger charge is -1.97. The first kappa shape index (κ1) is 18.7. The van der Waals surface area contributed by atoms with Gasteiger partial charge in [0.2, 0.25) is 0 Å². The van der Waals surface area contributed by atoms with Crippen molar-refractivity contribution in [3.63, 3.8) is 0 Å². The number of nitrogens with one attached hydrogen (secondary N) is 1. The predicted octanol–water partition coefficient (Wildman–Crippen LogP) is 4.31. The van der Waals surface area contributed by atoms with Crippen molar-refractivity contribution in [1.29, 1.82) is 0 Å². The number of nitro groups is 1. The van der Waals surface area contributed by atoms with Crippen molar-refractivity contribution >= 4 is 51.9 Å². The van der Waals surface area contributed by atoms with Crippen LogP contribution in [0, 0.1) is 10.1 Å². The number of rotatable bonds is 4. The van der Waals surface area contributed by atoms with Gasteiger partial charge in [0.25, 0.3) is 11.6 Å². The summed E-state index contributed by atoms with van der Waals surface area (Å²) in [5.41, 5.74) is 1.16. The van der Waals surface area contributed by atoms with Crippen molar-refractivity contribution in [3.05, 3.63) is 80.2 Å². The zero-order valence-electron chi connectivity index (χ0n) is 13.6. The van der Waals surface area contributed by atoms with Crippen LogP contribution >= 0.6 is 23.4 Å². The van der Waals surface area contributed by atoms with Crippen molar-refractivity contribution < 1.29 is 14.8 Å². The Balaban J connectivity index is 1.76. The van der Waals surface area contributed by atoms with Crippen LogP contribution in [0.5, 0.6) is 5.75 Å². The van der Waals surface area contributed by atoms with Crippen LogP contribution in [0.15, 0.2) is 69.5 Å². The summed E-state index contributed by atoms with van der Waals surface area (Å²) in [4.78, 5) is 26.9. The number of amidine groups is 1. The molecule has 0 aliphatic carbocycles. The average molecular weight is 402 g/mol. The minimum absolute atomic E-state index is 0.0137. The van der Waals surface area contributed by atoms with Gasteiger partial charge < -0.3 is 10.4 Å². The Morgan fingerprint density at radius 3 is 2.67 bits per heavy atom. The van der Waals surface area contributed by atoms with E-state index in [0.29, 0.717) is 26.4 Å². The first-order chi connectivity index (χ1) is 12.9. The molecule has 9 heteroatoms. The minimum atomic E-state index is -0.482. The fraction of sp³-hybridized carbons (Fsp3) is 0. The van der Waals surface area contributed by atoms with Gasteiger partial charge in [0.05, 0.1) is 15.5 Å². The normalized spacial score (nSPS) is 17.4. The molecule has 1 amide bonds. The van der Waals surface area contributed by atoms with E-state index in [2.05, 4.69) is 10.3 Å². The van der Waals surface area contributed by atoms with Gasteiger partial charge in [-0.05, 0) is 53.7 Å². The molecule has 1 fully saturated rings. The Bertz CT molecular complexity index is 1000. The summed E-state index contributed by atoms with van der Waals surface area (Å²) in [6.45, 7) is 0. The number of phenols is 1. The second kappa shape index (κ2) is 8.07. The molecular formula is C18H12ClN3O4S. The lowest BCUT2D eigenvalue weighted by atomic mass is 10.2. The number of carbonyl (C=O) groups is 1. The highest BCUT2D eigenvalue weighted by molar-refractivity contribution is 8.18. The molecule has 2 aromatic rings. The largest absolute Gasteiger partial charge is 0.508 e. The summed E-state index contributed by atoms with van der Waals surface area (Å²) in [7, 11) is 0. The maximum absolute atomic E-state index is 12.1. The Morgan fingerprint density at radius 1 is 1.26 bits per heavy atom. The van der Waals surface area contributed by atoms with E-state index in [9.17, 15) is 20.0 Å². The van der Waals surface area contributed by atoms with Crippen LogP contribution in [-0.4, -0.2) is 21.1 Å². The quantitative estimate of drug-likeness (QED) is 0.451. The van der Waals surface area contributed by atoms with Crippen LogP contribution in [-0.2, 0) is 4.79 Å². The van der Waals surface area contributed by atoms with Gasteiger partial charge in [-0.1, -0.05) is 17.7 Å². The molecule has 0 spiro atoms. The van der Waals surface area contributed by atoms with Crippen LogP contribution in [0.1, 0.15) is 5.56 Å². The van der Waals surface area contributed by atoms with Crippen molar-refractivity contribution in [2.45, 2.75) is 0 Å². The molecule has 0 unspecified atom stereocenters. The zero-order valence-corrected chi connectivity index (χ0v) is 15.2. The molecule has 0 atom stereocenters. The van der Waals surface area contributed by atoms with E-state index in [-0.39, 0.29) is 17.3 Å². The molecule has 2 N–H and O–H groups in total. The smallest absolute Gasteiger partial charge is 0.269 e. The minimum Gasteiger partial charge on any atom is -0.508 e. The molecular weight excluding hydrogens is 390 g/mol. The highest BCUT2D eigenvalue weighted by atomic mass is 35.5. The number of nitrogens with zero attached hydrogens (tertiary/aromatic N) is 2.